The number of nitrogens with one attached hydrogen (secondary N) is 1. The number of aliphatic hydroxyl groups is 1. The highest BCUT2D eigenvalue weighted by Crippen LogP contribution is 2.31. The number of aliphatic hydroxyl groups excluding tert-OH is 1. The van der Waals surface area contributed by atoms with Crippen molar-refractivity contribution in [2.45, 2.75) is 36.3 Å². The van der Waals surface area contributed by atoms with Gasteiger partial charge in [-0.2, -0.15) is 0 Å². The summed E-state index contributed by atoms with van der Waals surface area (Å²) < 4.78 is 28.1. The van der Waals surface area contributed by atoms with Crippen LogP contribution in [0.1, 0.15) is 19.3 Å². The van der Waals surface area contributed by atoms with Crippen molar-refractivity contribution in [1.82, 2.24) is 14.7 Å². The Hall–Kier alpha value is -2.88. The molecule has 2 N–H and O–H groups in total. The van der Waals surface area contributed by atoms with E-state index in [4.69, 9.17) is 4.84 Å². The molecular weight excluding hydrogens is 430 g/mol. The molecule has 1 fully saturated rings. The third-order valence-electron chi connectivity index (χ3n) is 5.83. The van der Waals surface area contributed by atoms with E-state index >= 15 is 0 Å². The number of rotatable bonds is 6. The van der Waals surface area contributed by atoms with Crippen LogP contribution in [0.15, 0.2) is 71.4 Å². The summed E-state index contributed by atoms with van der Waals surface area (Å²) in [4.78, 5) is 19.9. The Morgan fingerprint density at radius 3 is 2.28 bits per heavy atom. The molecule has 1 atom stereocenters. The molecule has 1 amide bonds. The van der Waals surface area contributed by atoms with Gasteiger partial charge in [0.05, 0.1) is 23.8 Å². The van der Waals surface area contributed by atoms with Crippen LogP contribution in [0.2, 0.25) is 0 Å². The number of hydroxylamine groups is 1. The van der Waals surface area contributed by atoms with Gasteiger partial charge in [0.15, 0.2) is 0 Å². The molecule has 2 aromatic carbocycles. The third kappa shape index (κ3) is 4.50. The molecule has 9 heteroatoms. The third-order valence-corrected chi connectivity index (χ3v) is 7.62. The Balaban J connectivity index is 1.60. The summed E-state index contributed by atoms with van der Waals surface area (Å²) in [6, 6.07) is 15.4. The van der Waals surface area contributed by atoms with E-state index in [2.05, 4.69) is 5.48 Å². The van der Waals surface area contributed by atoms with Crippen LogP contribution in [0.3, 0.4) is 0 Å². The van der Waals surface area contributed by atoms with Crippen molar-refractivity contribution in [2.24, 2.45) is 0 Å². The summed E-state index contributed by atoms with van der Waals surface area (Å²) in [5.41, 5.74) is 5.07. The molecule has 1 unspecified atom stereocenters. The number of carbonyl (C=O) groups excluding carboxylic acids is 1. The van der Waals surface area contributed by atoms with Crippen molar-refractivity contribution in [1.29, 1.82) is 0 Å². The van der Waals surface area contributed by atoms with Crippen LogP contribution in [0.25, 0.3) is 11.1 Å². The van der Waals surface area contributed by atoms with Gasteiger partial charge in [-0.1, -0.05) is 42.5 Å². The molecule has 0 aromatic heterocycles. The largest absolute Gasteiger partial charge is 0.393 e. The van der Waals surface area contributed by atoms with E-state index in [1.807, 2.05) is 30.3 Å². The molecule has 170 valence electrons. The Labute approximate surface area is 188 Å². The number of likely N-dealkylation sites (tertiary alicyclic amines) is 1. The van der Waals surface area contributed by atoms with Gasteiger partial charge < -0.3 is 10.0 Å². The molecule has 2 aromatic rings. The van der Waals surface area contributed by atoms with Crippen LogP contribution in [-0.4, -0.2) is 61.0 Å². The first-order valence-electron chi connectivity index (χ1n) is 10.6. The molecule has 0 radical (unpaired) electrons. The lowest BCUT2D eigenvalue weighted by Crippen LogP contribution is -2.50. The maximum absolute atomic E-state index is 13.5. The second-order valence-corrected chi connectivity index (χ2v) is 9.81. The number of carbonyl (C=O) groups is 1. The van der Waals surface area contributed by atoms with E-state index in [-0.39, 0.29) is 17.2 Å². The molecule has 0 spiro atoms. The first-order chi connectivity index (χ1) is 15.4. The van der Waals surface area contributed by atoms with Crippen molar-refractivity contribution in [3.8, 4) is 11.1 Å². The molecule has 0 saturated carbocycles. The molecule has 2 heterocycles. The predicted octanol–water partition coefficient (Wildman–Crippen LogP) is 2.09. The molecule has 0 bridgehead atoms. The normalized spacial score (nSPS) is 19.7. The van der Waals surface area contributed by atoms with E-state index in [1.165, 1.54) is 13.3 Å². The highest BCUT2D eigenvalue weighted by Gasteiger charge is 2.41. The second-order valence-electron chi connectivity index (χ2n) is 7.96. The zero-order valence-corrected chi connectivity index (χ0v) is 18.7. The van der Waals surface area contributed by atoms with Crippen LogP contribution in [0.5, 0.6) is 0 Å². The predicted molar refractivity (Wildman–Crippen MR) is 119 cm³/mol. The van der Waals surface area contributed by atoms with Gasteiger partial charge in [0, 0.05) is 25.7 Å². The topological polar surface area (TPSA) is 99.2 Å². The van der Waals surface area contributed by atoms with E-state index in [0.717, 1.165) is 15.4 Å². The number of amides is 1. The molecule has 8 nitrogen and oxygen atoms in total. The van der Waals surface area contributed by atoms with Crippen molar-refractivity contribution in [3.63, 3.8) is 0 Å². The standard InChI is InChI=1S/C23H27N3O5S/c1-31-24-19-15-22(23(28)25-13-11-20(27)12-14-25)26(16-19)32(29,30)21-9-7-18(8-10-21)17-5-3-2-4-6-17/h2-10,16,20,22,24,27H,11-15H2,1H3. The lowest BCUT2D eigenvalue weighted by Gasteiger charge is -2.34. The quantitative estimate of drug-likeness (QED) is 0.645. The first-order valence-corrected chi connectivity index (χ1v) is 12.0. The zero-order valence-electron chi connectivity index (χ0n) is 17.8. The van der Waals surface area contributed by atoms with Gasteiger partial charge in [-0.3, -0.25) is 19.4 Å². The van der Waals surface area contributed by atoms with Crippen LogP contribution >= 0.6 is 0 Å². The minimum atomic E-state index is -3.97. The summed E-state index contributed by atoms with van der Waals surface area (Å²) in [7, 11) is -2.53. The summed E-state index contributed by atoms with van der Waals surface area (Å²) in [6.07, 6.45) is 2.17. The van der Waals surface area contributed by atoms with Crippen molar-refractivity contribution >= 4 is 15.9 Å². The van der Waals surface area contributed by atoms with E-state index < -0.39 is 22.2 Å². The van der Waals surface area contributed by atoms with Crippen molar-refractivity contribution < 1.29 is 23.2 Å². The Morgan fingerprint density at radius 1 is 1.03 bits per heavy atom. The van der Waals surface area contributed by atoms with E-state index in [0.29, 0.717) is 31.6 Å². The molecule has 2 aliphatic rings. The number of piperidine rings is 1. The number of sulfonamides is 1. The fraction of sp³-hybridized carbons (Fsp3) is 0.348. The van der Waals surface area contributed by atoms with Crippen LogP contribution in [-0.2, 0) is 19.7 Å². The minimum Gasteiger partial charge on any atom is -0.393 e. The maximum atomic E-state index is 13.5. The van der Waals surface area contributed by atoms with Crippen LogP contribution in [0.4, 0.5) is 0 Å². The number of benzene rings is 2. The second kappa shape index (κ2) is 9.32. The highest BCUT2D eigenvalue weighted by molar-refractivity contribution is 7.89. The SMILES string of the molecule is CONC1=CN(S(=O)(=O)c2ccc(-c3ccccc3)cc2)C(C(=O)N2CCC(O)CC2)C1. The molecule has 0 aliphatic carbocycles. The van der Waals surface area contributed by atoms with Gasteiger partial charge >= 0.3 is 0 Å². The Bertz CT molecular complexity index is 1080. The van der Waals surface area contributed by atoms with Gasteiger partial charge in [-0.05, 0) is 36.1 Å². The van der Waals surface area contributed by atoms with Gasteiger partial charge in [-0.25, -0.2) is 8.42 Å². The number of hydrogen-bond donors (Lipinski definition) is 2. The summed E-state index contributed by atoms with van der Waals surface area (Å²) in [5, 5.41) is 9.74. The molecular formula is C23H27N3O5S. The van der Waals surface area contributed by atoms with Crippen molar-refractivity contribution in [3.05, 3.63) is 66.5 Å². The smallest absolute Gasteiger partial charge is 0.264 e. The summed E-state index contributed by atoms with van der Waals surface area (Å²) in [6.45, 7) is 0.812. The van der Waals surface area contributed by atoms with Crippen molar-refractivity contribution in [2.75, 3.05) is 20.2 Å². The Kier molecular flexibility index (Phi) is 6.50. The number of hydrogen-bond acceptors (Lipinski definition) is 6. The maximum Gasteiger partial charge on any atom is 0.264 e. The first kappa shape index (κ1) is 22.3. The Morgan fingerprint density at radius 2 is 1.66 bits per heavy atom. The fourth-order valence-electron chi connectivity index (χ4n) is 4.10. The summed E-state index contributed by atoms with van der Waals surface area (Å²) in [5.74, 6) is -0.273. The monoisotopic (exact) mass is 457 g/mol. The summed E-state index contributed by atoms with van der Waals surface area (Å²) >= 11 is 0. The lowest BCUT2D eigenvalue weighted by molar-refractivity contribution is -0.136. The van der Waals surface area contributed by atoms with Gasteiger partial charge in [-0.15, -0.1) is 0 Å². The minimum absolute atomic E-state index is 0.110. The molecule has 32 heavy (non-hydrogen) atoms. The molecule has 2 aliphatic heterocycles. The van der Waals surface area contributed by atoms with Gasteiger partial charge in [0.25, 0.3) is 10.0 Å². The average Bonchev–Trinajstić information content (AvgIpc) is 3.25. The van der Waals surface area contributed by atoms with Gasteiger partial charge in [0.1, 0.15) is 6.04 Å². The van der Waals surface area contributed by atoms with Crippen LogP contribution < -0.4 is 5.48 Å². The average molecular weight is 458 g/mol. The highest BCUT2D eigenvalue weighted by atomic mass is 32.2. The fourth-order valence-corrected chi connectivity index (χ4v) is 5.58. The molecule has 4 rings (SSSR count). The van der Waals surface area contributed by atoms with Crippen LogP contribution in [0, 0.1) is 0 Å². The van der Waals surface area contributed by atoms with E-state index in [9.17, 15) is 18.3 Å². The number of nitrogens with zero attached hydrogens (tertiary/aromatic N) is 2. The zero-order chi connectivity index (χ0) is 22.7. The molecule has 1 saturated heterocycles. The van der Waals surface area contributed by atoms with E-state index in [1.54, 1.807) is 29.2 Å². The van der Waals surface area contributed by atoms with Gasteiger partial charge in [0.2, 0.25) is 5.91 Å². The lowest BCUT2D eigenvalue weighted by atomic mass is 10.1.